The van der Waals surface area contributed by atoms with Crippen LogP contribution in [0.25, 0.3) is 5.65 Å². The molecule has 0 aliphatic heterocycles. The number of carbonyl (C=O) groups is 2. The summed E-state index contributed by atoms with van der Waals surface area (Å²) in [6, 6.07) is 5.10. The normalized spacial score (nSPS) is 29.9. The number of nitrogens with one attached hydrogen (secondary N) is 1. The van der Waals surface area contributed by atoms with Crippen LogP contribution in [0.3, 0.4) is 0 Å². The highest BCUT2D eigenvalue weighted by molar-refractivity contribution is 5.95. The molecule has 6 rings (SSSR count). The van der Waals surface area contributed by atoms with E-state index in [9.17, 15) is 14.7 Å². The highest BCUT2D eigenvalue weighted by Crippen LogP contribution is 2.61. The Morgan fingerprint density at radius 2 is 1.84 bits per heavy atom. The maximum atomic E-state index is 13.4. The quantitative estimate of drug-likeness (QED) is 0.616. The molecule has 1 unspecified atom stereocenters. The van der Waals surface area contributed by atoms with E-state index in [2.05, 4.69) is 10.3 Å². The van der Waals surface area contributed by atoms with E-state index in [-0.39, 0.29) is 23.1 Å². The molecule has 0 saturated heterocycles. The molecule has 7 heteroatoms. The molecule has 0 radical (unpaired) electrons. The molecule has 32 heavy (non-hydrogen) atoms. The summed E-state index contributed by atoms with van der Waals surface area (Å²) < 4.78 is 1.61. The molecule has 172 valence electrons. The average Bonchev–Trinajstić information content (AvgIpc) is 3.09. The van der Waals surface area contributed by atoms with Crippen molar-refractivity contribution in [2.24, 2.45) is 28.9 Å². The topological polar surface area (TPSA) is 110 Å². The summed E-state index contributed by atoms with van der Waals surface area (Å²) in [4.78, 5) is 29.1. The van der Waals surface area contributed by atoms with Gasteiger partial charge in [0, 0.05) is 12.2 Å². The summed E-state index contributed by atoms with van der Waals surface area (Å²) in [5.41, 5.74) is 5.84. The summed E-state index contributed by atoms with van der Waals surface area (Å²) >= 11 is 0. The van der Waals surface area contributed by atoms with E-state index in [4.69, 9.17) is 5.73 Å². The zero-order chi connectivity index (χ0) is 22.7. The van der Waals surface area contributed by atoms with Crippen molar-refractivity contribution >= 4 is 17.5 Å². The first-order chi connectivity index (χ1) is 15.1. The first-order valence-electron chi connectivity index (χ1n) is 11.9. The van der Waals surface area contributed by atoms with Gasteiger partial charge in [-0.15, -0.1) is 0 Å². The number of nitrogens with two attached hydrogens (primary N) is 1. The zero-order valence-corrected chi connectivity index (χ0v) is 19.0. The van der Waals surface area contributed by atoms with Crippen LogP contribution >= 0.6 is 0 Å². The van der Waals surface area contributed by atoms with Crippen LogP contribution in [0.4, 0.5) is 0 Å². The minimum Gasteiger partial charge on any atom is -0.390 e. The predicted molar refractivity (Wildman–Crippen MR) is 121 cm³/mol. The van der Waals surface area contributed by atoms with Crippen molar-refractivity contribution in [2.75, 3.05) is 0 Å². The second-order valence-electron chi connectivity index (χ2n) is 11.4. The minimum absolute atomic E-state index is 0.117. The molecule has 7 nitrogen and oxygen atoms in total. The molecule has 1 atom stereocenters. The van der Waals surface area contributed by atoms with Crippen molar-refractivity contribution < 1.29 is 14.7 Å². The summed E-state index contributed by atoms with van der Waals surface area (Å²) in [7, 11) is 0. The van der Waals surface area contributed by atoms with E-state index < -0.39 is 11.5 Å². The molecular weight excluding hydrogens is 404 g/mol. The highest BCUT2D eigenvalue weighted by Gasteiger charge is 2.51. The second-order valence-corrected chi connectivity index (χ2v) is 11.4. The van der Waals surface area contributed by atoms with E-state index in [1.54, 1.807) is 22.6 Å². The number of fused-ring (bicyclic) bond motifs is 1. The number of pyridine rings is 1. The third kappa shape index (κ3) is 4.15. The van der Waals surface area contributed by atoms with Crippen LogP contribution < -0.4 is 11.1 Å². The molecule has 4 fully saturated rings. The Morgan fingerprint density at radius 1 is 1.22 bits per heavy atom. The first kappa shape index (κ1) is 21.4. The molecule has 4 N–H and O–H groups in total. The van der Waals surface area contributed by atoms with Gasteiger partial charge in [0.25, 0.3) is 11.8 Å². The van der Waals surface area contributed by atoms with Gasteiger partial charge >= 0.3 is 0 Å². The molecule has 4 saturated carbocycles. The second kappa shape index (κ2) is 7.58. The number of hydrogen-bond donors (Lipinski definition) is 3. The number of carbonyl (C=O) groups excluding carboxylic acids is 2. The summed E-state index contributed by atoms with van der Waals surface area (Å²) in [5, 5.41) is 13.8. The SMILES string of the molecule is CC(C)(O)CC(CC12CC3CC(CC(C3)C1)C2)NC(=O)c1cccc2nc(C(N)=O)cn12. The number of imidazole rings is 1. The molecule has 4 aliphatic carbocycles. The fraction of sp³-hybridized carbons (Fsp3) is 0.640. The maximum Gasteiger partial charge on any atom is 0.268 e. The van der Waals surface area contributed by atoms with Crippen LogP contribution in [0.1, 0.15) is 86.2 Å². The predicted octanol–water partition coefficient (Wildman–Crippen LogP) is 3.30. The van der Waals surface area contributed by atoms with Gasteiger partial charge in [0.1, 0.15) is 17.0 Å². The number of aliphatic hydroxyl groups is 1. The molecule has 2 amide bonds. The van der Waals surface area contributed by atoms with Gasteiger partial charge < -0.3 is 16.2 Å². The van der Waals surface area contributed by atoms with Crippen LogP contribution in [0.15, 0.2) is 24.4 Å². The van der Waals surface area contributed by atoms with Crippen LogP contribution in [-0.4, -0.2) is 37.9 Å². The lowest BCUT2D eigenvalue weighted by atomic mass is 9.48. The monoisotopic (exact) mass is 438 g/mol. The molecule has 2 heterocycles. The lowest BCUT2D eigenvalue weighted by Gasteiger charge is -2.58. The van der Waals surface area contributed by atoms with Gasteiger partial charge in [-0.2, -0.15) is 0 Å². The third-order valence-corrected chi connectivity index (χ3v) is 7.90. The number of amides is 2. The van der Waals surface area contributed by atoms with Crippen LogP contribution in [0.5, 0.6) is 0 Å². The lowest BCUT2D eigenvalue weighted by molar-refractivity contribution is -0.0655. The smallest absolute Gasteiger partial charge is 0.268 e. The Morgan fingerprint density at radius 3 is 2.41 bits per heavy atom. The lowest BCUT2D eigenvalue weighted by Crippen LogP contribution is -2.50. The Balaban J connectivity index is 1.39. The third-order valence-electron chi connectivity index (χ3n) is 7.90. The molecule has 0 aromatic carbocycles. The minimum atomic E-state index is -0.875. The van der Waals surface area contributed by atoms with Crippen molar-refractivity contribution in [2.45, 2.75) is 76.9 Å². The summed E-state index contributed by atoms with van der Waals surface area (Å²) in [6.45, 7) is 3.61. The van der Waals surface area contributed by atoms with E-state index in [1.807, 2.05) is 13.8 Å². The van der Waals surface area contributed by atoms with Crippen molar-refractivity contribution in [3.63, 3.8) is 0 Å². The first-order valence-corrected chi connectivity index (χ1v) is 11.9. The van der Waals surface area contributed by atoms with Gasteiger partial charge in [0.15, 0.2) is 0 Å². The van der Waals surface area contributed by atoms with E-state index in [0.29, 0.717) is 17.8 Å². The number of primary amides is 1. The van der Waals surface area contributed by atoms with Gasteiger partial charge in [-0.25, -0.2) is 4.98 Å². The van der Waals surface area contributed by atoms with Gasteiger partial charge in [-0.3, -0.25) is 14.0 Å². The van der Waals surface area contributed by atoms with Crippen molar-refractivity contribution in [1.29, 1.82) is 0 Å². The zero-order valence-electron chi connectivity index (χ0n) is 19.0. The van der Waals surface area contributed by atoms with Gasteiger partial charge in [0.2, 0.25) is 0 Å². The summed E-state index contributed by atoms with van der Waals surface area (Å²) in [6.07, 6.45) is 10.9. The maximum absolute atomic E-state index is 13.4. The molecule has 2 aromatic heterocycles. The molecular formula is C25H34N4O3. The standard InChI is InChI=1S/C25H34N4O3/c1-24(2,32)12-18(13-25-9-15-6-16(10-25)8-17(7-15)11-25)27-23(31)20-4-3-5-21-28-19(22(26)30)14-29(20)21/h3-5,14-18,32H,6-13H2,1-2H3,(H2,26,30)(H,27,31). The number of aromatic nitrogens is 2. The molecule has 0 spiro atoms. The van der Waals surface area contributed by atoms with Crippen molar-refractivity contribution in [1.82, 2.24) is 14.7 Å². The van der Waals surface area contributed by atoms with E-state index >= 15 is 0 Å². The van der Waals surface area contributed by atoms with E-state index in [1.165, 1.54) is 44.7 Å². The highest BCUT2D eigenvalue weighted by atomic mass is 16.3. The Kier molecular flexibility index (Phi) is 5.08. The molecule has 2 aromatic rings. The van der Waals surface area contributed by atoms with Crippen LogP contribution in [0, 0.1) is 23.2 Å². The van der Waals surface area contributed by atoms with E-state index in [0.717, 1.165) is 24.2 Å². The largest absolute Gasteiger partial charge is 0.390 e. The van der Waals surface area contributed by atoms with Crippen LogP contribution in [-0.2, 0) is 0 Å². The average molecular weight is 439 g/mol. The fourth-order valence-corrected chi connectivity index (χ4v) is 7.41. The Bertz CT molecular complexity index is 1020. The van der Waals surface area contributed by atoms with Gasteiger partial charge in [-0.1, -0.05) is 6.07 Å². The molecule has 4 bridgehead atoms. The molecule has 4 aliphatic rings. The number of nitrogens with zero attached hydrogens (tertiary/aromatic N) is 2. The van der Waals surface area contributed by atoms with Crippen LogP contribution in [0.2, 0.25) is 0 Å². The van der Waals surface area contributed by atoms with Crippen molar-refractivity contribution in [3.05, 3.63) is 35.8 Å². The number of rotatable bonds is 7. The number of hydrogen-bond acceptors (Lipinski definition) is 4. The Hall–Kier alpha value is -2.41. The summed E-state index contributed by atoms with van der Waals surface area (Å²) in [5.74, 6) is 1.68. The fourth-order valence-electron chi connectivity index (χ4n) is 7.41. The van der Waals surface area contributed by atoms with Crippen molar-refractivity contribution in [3.8, 4) is 0 Å². The van der Waals surface area contributed by atoms with Gasteiger partial charge in [0.05, 0.1) is 5.60 Å². The Labute approximate surface area is 188 Å². The van der Waals surface area contributed by atoms with Gasteiger partial charge in [-0.05, 0) is 101 Å².